The molecule has 0 fully saturated rings. The molecule has 102 valence electrons. The first-order chi connectivity index (χ1) is 9.11. The highest BCUT2D eigenvalue weighted by molar-refractivity contribution is 7.10. The molecular formula is C13H18N4OS. The van der Waals surface area contributed by atoms with Crippen LogP contribution in [0.3, 0.4) is 0 Å². The maximum absolute atomic E-state index is 12.0. The molecule has 19 heavy (non-hydrogen) atoms. The molecule has 2 heterocycles. The van der Waals surface area contributed by atoms with Crippen molar-refractivity contribution >= 4 is 17.2 Å². The fourth-order valence-corrected chi connectivity index (χ4v) is 2.64. The standard InChI is InChI=1S/C13H18N4OS/c1-3-10-9(8-17(2)16-10)7-15-13(18)12(14)11-5-4-6-19-11/h4-6,8,12H,3,7,14H2,1-2H3,(H,15,18). The highest BCUT2D eigenvalue weighted by Crippen LogP contribution is 2.17. The number of hydrogen-bond donors (Lipinski definition) is 2. The Bertz CT molecular complexity index is 547. The van der Waals surface area contributed by atoms with Crippen LogP contribution < -0.4 is 11.1 Å². The summed E-state index contributed by atoms with van der Waals surface area (Å²) < 4.78 is 1.76. The van der Waals surface area contributed by atoms with Crippen molar-refractivity contribution in [1.29, 1.82) is 0 Å². The molecule has 1 amide bonds. The minimum Gasteiger partial charge on any atom is -0.350 e. The Morgan fingerprint density at radius 3 is 3.05 bits per heavy atom. The summed E-state index contributed by atoms with van der Waals surface area (Å²) in [4.78, 5) is 12.8. The summed E-state index contributed by atoms with van der Waals surface area (Å²) in [5.41, 5.74) is 7.95. The van der Waals surface area contributed by atoms with Gasteiger partial charge in [-0.3, -0.25) is 9.48 Å². The number of amides is 1. The number of rotatable bonds is 5. The minimum absolute atomic E-state index is 0.159. The van der Waals surface area contributed by atoms with Gasteiger partial charge < -0.3 is 11.1 Å². The predicted molar refractivity (Wildman–Crippen MR) is 75.7 cm³/mol. The predicted octanol–water partition coefficient (Wildman–Crippen LogP) is 1.36. The second-order valence-corrected chi connectivity index (χ2v) is 5.32. The summed E-state index contributed by atoms with van der Waals surface area (Å²) >= 11 is 1.49. The molecule has 2 aromatic rings. The molecule has 1 unspecified atom stereocenters. The van der Waals surface area contributed by atoms with Gasteiger partial charge >= 0.3 is 0 Å². The Hall–Kier alpha value is -1.66. The van der Waals surface area contributed by atoms with Crippen molar-refractivity contribution in [3.8, 4) is 0 Å². The topological polar surface area (TPSA) is 72.9 Å². The third-order valence-electron chi connectivity index (χ3n) is 2.91. The normalized spacial score (nSPS) is 12.4. The van der Waals surface area contributed by atoms with Crippen LogP contribution in [-0.4, -0.2) is 15.7 Å². The van der Waals surface area contributed by atoms with Crippen LogP contribution in [0.5, 0.6) is 0 Å². The Labute approximate surface area is 116 Å². The van der Waals surface area contributed by atoms with E-state index in [9.17, 15) is 4.79 Å². The number of nitrogens with two attached hydrogens (primary N) is 1. The van der Waals surface area contributed by atoms with Crippen molar-refractivity contribution in [2.24, 2.45) is 12.8 Å². The van der Waals surface area contributed by atoms with Crippen molar-refractivity contribution < 1.29 is 4.79 Å². The van der Waals surface area contributed by atoms with E-state index in [1.165, 1.54) is 11.3 Å². The molecule has 0 bridgehead atoms. The molecule has 3 N–H and O–H groups in total. The number of aromatic nitrogens is 2. The molecule has 1 atom stereocenters. The van der Waals surface area contributed by atoms with Gasteiger partial charge in [-0.15, -0.1) is 11.3 Å². The second kappa shape index (κ2) is 5.99. The summed E-state index contributed by atoms with van der Waals surface area (Å²) in [5.74, 6) is -0.159. The third kappa shape index (κ3) is 3.21. The molecule has 5 nitrogen and oxygen atoms in total. The number of carbonyl (C=O) groups is 1. The zero-order chi connectivity index (χ0) is 13.8. The lowest BCUT2D eigenvalue weighted by molar-refractivity contribution is -0.122. The molecule has 2 aromatic heterocycles. The highest BCUT2D eigenvalue weighted by Gasteiger charge is 2.17. The van der Waals surface area contributed by atoms with Crippen LogP contribution in [0.15, 0.2) is 23.7 Å². The summed E-state index contributed by atoms with van der Waals surface area (Å²) in [6.07, 6.45) is 2.78. The molecule has 6 heteroatoms. The van der Waals surface area contributed by atoms with Gasteiger partial charge in [-0.05, 0) is 17.9 Å². The van der Waals surface area contributed by atoms with Gasteiger partial charge in [-0.25, -0.2) is 0 Å². The Morgan fingerprint density at radius 2 is 2.42 bits per heavy atom. The molecule has 0 spiro atoms. The van der Waals surface area contributed by atoms with Crippen molar-refractivity contribution in [2.45, 2.75) is 25.9 Å². The van der Waals surface area contributed by atoms with Gasteiger partial charge in [0.05, 0.1) is 5.69 Å². The fraction of sp³-hybridized carbons (Fsp3) is 0.385. The van der Waals surface area contributed by atoms with Crippen molar-refractivity contribution in [2.75, 3.05) is 0 Å². The first kappa shape index (κ1) is 13.8. The molecule has 0 saturated heterocycles. The van der Waals surface area contributed by atoms with E-state index in [1.807, 2.05) is 37.7 Å². The molecule has 2 rings (SSSR count). The largest absolute Gasteiger partial charge is 0.350 e. The monoisotopic (exact) mass is 278 g/mol. The number of thiophene rings is 1. The quantitative estimate of drug-likeness (QED) is 0.867. The maximum atomic E-state index is 12.0. The molecule has 0 radical (unpaired) electrons. The molecule has 0 aliphatic rings. The maximum Gasteiger partial charge on any atom is 0.242 e. The summed E-state index contributed by atoms with van der Waals surface area (Å²) in [5, 5.41) is 9.12. The first-order valence-electron chi connectivity index (χ1n) is 6.20. The van der Waals surface area contributed by atoms with Gasteiger partial charge in [-0.2, -0.15) is 5.10 Å². The second-order valence-electron chi connectivity index (χ2n) is 4.34. The van der Waals surface area contributed by atoms with E-state index >= 15 is 0 Å². The van der Waals surface area contributed by atoms with Gasteiger partial charge in [-0.1, -0.05) is 13.0 Å². The molecule has 0 aromatic carbocycles. The van der Waals surface area contributed by atoms with Crippen molar-refractivity contribution in [1.82, 2.24) is 15.1 Å². The van der Waals surface area contributed by atoms with E-state index in [-0.39, 0.29) is 5.91 Å². The average molecular weight is 278 g/mol. The number of nitrogens with zero attached hydrogens (tertiary/aromatic N) is 2. The number of carbonyl (C=O) groups excluding carboxylic acids is 1. The number of hydrogen-bond acceptors (Lipinski definition) is 4. The number of aryl methyl sites for hydroxylation is 2. The minimum atomic E-state index is -0.596. The lowest BCUT2D eigenvalue weighted by Crippen LogP contribution is -2.33. The van der Waals surface area contributed by atoms with Crippen LogP contribution in [0.25, 0.3) is 0 Å². The molecule has 0 aliphatic heterocycles. The Balaban J connectivity index is 1.96. The van der Waals surface area contributed by atoms with E-state index in [4.69, 9.17) is 5.73 Å². The van der Waals surface area contributed by atoms with E-state index in [0.717, 1.165) is 22.6 Å². The lowest BCUT2D eigenvalue weighted by atomic mass is 10.2. The van der Waals surface area contributed by atoms with E-state index in [1.54, 1.807) is 4.68 Å². The summed E-state index contributed by atoms with van der Waals surface area (Å²) in [6.45, 7) is 2.51. The Morgan fingerprint density at radius 1 is 1.63 bits per heavy atom. The van der Waals surface area contributed by atoms with Crippen molar-refractivity contribution in [3.63, 3.8) is 0 Å². The van der Waals surface area contributed by atoms with Crippen LogP contribution in [0.2, 0.25) is 0 Å². The van der Waals surface area contributed by atoms with Crippen LogP contribution in [-0.2, 0) is 24.8 Å². The van der Waals surface area contributed by atoms with Crippen LogP contribution in [0, 0.1) is 0 Å². The summed E-state index contributed by atoms with van der Waals surface area (Å²) in [7, 11) is 1.88. The first-order valence-corrected chi connectivity index (χ1v) is 7.08. The van der Waals surface area contributed by atoms with E-state index < -0.39 is 6.04 Å². The molecule has 0 saturated carbocycles. The van der Waals surface area contributed by atoms with Gasteiger partial charge in [0.2, 0.25) is 5.91 Å². The SMILES string of the molecule is CCc1nn(C)cc1CNC(=O)C(N)c1cccs1. The number of nitrogens with one attached hydrogen (secondary N) is 1. The van der Waals surface area contributed by atoms with Gasteiger partial charge in [0.25, 0.3) is 0 Å². The third-order valence-corrected chi connectivity index (χ3v) is 3.87. The van der Waals surface area contributed by atoms with E-state index in [2.05, 4.69) is 10.4 Å². The molecule has 0 aliphatic carbocycles. The summed E-state index contributed by atoms with van der Waals surface area (Å²) in [6, 6.07) is 3.17. The fourth-order valence-electron chi connectivity index (χ4n) is 1.92. The average Bonchev–Trinajstić information content (AvgIpc) is 3.03. The smallest absolute Gasteiger partial charge is 0.242 e. The van der Waals surface area contributed by atoms with Crippen LogP contribution in [0.4, 0.5) is 0 Å². The van der Waals surface area contributed by atoms with E-state index in [0.29, 0.717) is 6.54 Å². The van der Waals surface area contributed by atoms with Crippen molar-refractivity contribution in [3.05, 3.63) is 39.8 Å². The highest BCUT2D eigenvalue weighted by atomic mass is 32.1. The zero-order valence-electron chi connectivity index (χ0n) is 11.1. The lowest BCUT2D eigenvalue weighted by Gasteiger charge is -2.10. The van der Waals surface area contributed by atoms with Gasteiger partial charge in [0.1, 0.15) is 6.04 Å². The van der Waals surface area contributed by atoms with Gasteiger partial charge in [0, 0.05) is 30.2 Å². The van der Waals surface area contributed by atoms with Crippen LogP contribution >= 0.6 is 11.3 Å². The van der Waals surface area contributed by atoms with Gasteiger partial charge in [0.15, 0.2) is 0 Å². The zero-order valence-corrected chi connectivity index (χ0v) is 11.9. The van der Waals surface area contributed by atoms with Crippen LogP contribution in [0.1, 0.15) is 29.1 Å². The Kier molecular flexibility index (Phi) is 4.34. The molecular weight excluding hydrogens is 260 g/mol.